The van der Waals surface area contributed by atoms with Crippen LogP contribution in [0, 0.1) is 0 Å². The molecule has 0 radical (unpaired) electrons. The molecule has 4 nitrogen and oxygen atoms in total. The molecule has 7 heteroatoms. The molecule has 0 spiro atoms. The summed E-state index contributed by atoms with van der Waals surface area (Å²) in [6.45, 7) is -1.17. The van der Waals surface area contributed by atoms with Crippen molar-refractivity contribution in [1.82, 2.24) is 9.97 Å². The number of aromatic amines is 1. The molecule has 0 amide bonds. The molecular weight excluding hydrogens is 262 g/mol. The number of carbonyl (C=O) groups is 1. The van der Waals surface area contributed by atoms with Gasteiger partial charge in [-0.2, -0.15) is 0 Å². The van der Waals surface area contributed by atoms with Crippen LogP contribution in [-0.4, -0.2) is 22.6 Å². The quantitative estimate of drug-likeness (QED) is 0.574. The molecule has 0 fully saturated rings. The maximum Gasteiger partial charge on any atom is 1.00 e. The van der Waals surface area contributed by atoms with E-state index in [4.69, 9.17) is 16.3 Å². The first-order chi connectivity index (χ1) is 7.22. The van der Waals surface area contributed by atoms with Gasteiger partial charge in [-0.05, 0) is 6.07 Å². The predicted octanol–water partition coefficient (Wildman–Crippen LogP) is -0.792. The Bertz CT molecular complexity index is 523. The zero-order chi connectivity index (χ0) is 10.8. The van der Waals surface area contributed by atoms with Crippen LogP contribution in [0.3, 0.4) is 0 Å². The van der Waals surface area contributed by atoms with E-state index in [1.165, 1.54) is 12.4 Å². The smallest absolute Gasteiger partial charge is 1.00 e. The number of halogens is 2. The predicted molar refractivity (Wildman–Crippen MR) is 53.8 cm³/mol. The van der Waals surface area contributed by atoms with E-state index in [0.717, 1.165) is 0 Å². The number of pyridine rings is 1. The van der Waals surface area contributed by atoms with Crippen molar-refractivity contribution in [2.45, 2.75) is 0 Å². The number of hydrogen-bond donors (Lipinski definition) is 1. The van der Waals surface area contributed by atoms with Gasteiger partial charge in [0.25, 0.3) is 0 Å². The summed E-state index contributed by atoms with van der Waals surface area (Å²) in [6.07, 6.45) is 2.89. The van der Waals surface area contributed by atoms with Crippen molar-refractivity contribution in [3.05, 3.63) is 23.5 Å². The van der Waals surface area contributed by atoms with Gasteiger partial charge in [-0.25, -0.2) is 9.18 Å². The Morgan fingerprint density at radius 2 is 2.44 bits per heavy atom. The average molecular weight is 269 g/mol. The number of fused-ring (bicyclic) bond motifs is 1. The summed E-state index contributed by atoms with van der Waals surface area (Å²) in [5.74, 6) is -0.784. The molecule has 2 heterocycles. The normalized spacial score (nSPS) is 9.88. The summed E-state index contributed by atoms with van der Waals surface area (Å²) in [5, 5.41) is 0.461. The third-order valence-electron chi connectivity index (χ3n) is 1.81. The van der Waals surface area contributed by atoms with Crippen molar-refractivity contribution < 1.29 is 66.7 Å². The monoisotopic (exact) mass is 268 g/mol. The van der Waals surface area contributed by atoms with Gasteiger partial charge in [0.05, 0.1) is 10.5 Å². The Morgan fingerprint density at radius 3 is 3.12 bits per heavy atom. The van der Waals surface area contributed by atoms with Gasteiger partial charge in [0, 0.05) is 12.4 Å². The second kappa shape index (κ2) is 6.09. The Morgan fingerprint density at radius 1 is 1.69 bits per heavy atom. The Balaban J connectivity index is 0.00000128. The average Bonchev–Trinajstić information content (AvgIpc) is 2.63. The van der Waals surface area contributed by atoms with Crippen LogP contribution in [0.25, 0.3) is 11.0 Å². The molecule has 80 valence electrons. The number of hydrogen-bond acceptors (Lipinski definition) is 3. The molecule has 1 N–H and O–H groups in total. The summed E-state index contributed by atoms with van der Waals surface area (Å²) in [6, 6.07) is 1.60. The Kier molecular flexibility index (Phi) is 5.36. The molecule has 0 saturated carbocycles. The first kappa shape index (κ1) is 14.1. The van der Waals surface area contributed by atoms with Crippen molar-refractivity contribution in [2.24, 2.45) is 0 Å². The molecule has 2 rings (SSSR count). The minimum absolute atomic E-state index is 0. The fourth-order valence-electron chi connectivity index (χ4n) is 1.20. The first-order valence-corrected chi connectivity index (χ1v) is 4.48. The van der Waals surface area contributed by atoms with Crippen molar-refractivity contribution >= 4 is 28.6 Å². The largest absolute Gasteiger partial charge is 1.00 e. The third kappa shape index (κ3) is 2.82. The molecule has 0 unspecified atom stereocenters. The van der Waals surface area contributed by atoms with E-state index in [1.807, 2.05) is 0 Å². The number of alkyl halides is 1. The van der Waals surface area contributed by atoms with Crippen molar-refractivity contribution in [1.29, 1.82) is 0 Å². The second-order valence-electron chi connectivity index (χ2n) is 2.78. The van der Waals surface area contributed by atoms with Gasteiger partial charge in [0.1, 0.15) is 5.52 Å². The molecule has 2 aromatic rings. The second-order valence-corrected chi connectivity index (χ2v) is 3.18. The SMILES string of the molecule is O=C(CF)Oc1c[nH]c2c(Cl)ccnc12.[H-].[K+]. The number of rotatable bonds is 2. The van der Waals surface area contributed by atoms with E-state index in [-0.39, 0.29) is 58.6 Å². The topological polar surface area (TPSA) is 55.0 Å². The van der Waals surface area contributed by atoms with E-state index in [1.54, 1.807) is 6.07 Å². The zero-order valence-corrected chi connectivity index (χ0v) is 12.3. The summed E-state index contributed by atoms with van der Waals surface area (Å²) >= 11 is 5.85. The Hall–Kier alpha value is 0.0164. The number of esters is 1. The van der Waals surface area contributed by atoms with Gasteiger partial charge >= 0.3 is 57.4 Å². The third-order valence-corrected chi connectivity index (χ3v) is 2.13. The summed E-state index contributed by atoms with van der Waals surface area (Å²) in [4.78, 5) is 17.5. The number of nitrogens with zero attached hydrogens (tertiary/aromatic N) is 1. The first-order valence-electron chi connectivity index (χ1n) is 4.10. The zero-order valence-electron chi connectivity index (χ0n) is 9.46. The number of ether oxygens (including phenoxy) is 1. The minimum Gasteiger partial charge on any atom is -1.00 e. The fourth-order valence-corrected chi connectivity index (χ4v) is 1.40. The van der Waals surface area contributed by atoms with Crippen LogP contribution in [0.2, 0.25) is 5.02 Å². The van der Waals surface area contributed by atoms with Crippen molar-refractivity contribution in [2.75, 3.05) is 6.67 Å². The Labute approximate surface area is 139 Å². The van der Waals surface area contributed by atoms with Crippen LogP contribution >= 0.6 is 11.6 Å². The van der Waals surface area contributed by atoms with Gasteiger partial charge in [0.15, 0.2) is 12.4 Å². The molecule has 0 bridgehead atoms. The molecule has 0 atom stereocenters. The molecular formula is C9H7ClFKN2O2. The van der Waals surface area contributed by atoms with Crippen LogP contribution in [0.4, 0.5) is 4.39 Å². The molecule has 0 aromatic carbocycles. The molecule has 2 aromatic heterocycles. The maximum absolute atomic E-state index is 11.9. The van der Waals surface area contributed by atoms with Gasteiger partial charge in [-0.3, -0.25) is 4.98 Å². The van der Waals surface area contributed by atoms with Crippen LogP contribution in [0.15, 0.2) is 18.5 Å². The van der Waals surface area contributed by atoms with Crippen LogP contribution < -0.4 is 56.1 Å². The van der Waals surface area contributed by atoms with E-state index < -0.39 is 12.6 Å². The molecule has 0 saturated heterocycles. The maximum atomic E-state index is 11.9. The van der Waals surface area contributed by atoms with Gasteiger partial charge in [0.2, 0.25) is 0 Å². The summed E-state index contributed by atoms with van der Waals surface area (Å²) in [7, 11) is 0. The van der Waals surface area contributed by atoms with E-state index in [2.05, 4.69) is 9.97 Å². The van der Waals surface area contributed by atoms with E-state index in [9.17, 15) is 9.18 Å². The number of carbonyl (C=O) groups excluding carboxylic acids is 1. The van der Waals surface area contributed by atoms with Crippen molar-refractivity contribution in [3.8, 4) is 5.75 Å². The number of H-pyrrole nitrogens is 1. The summed E-state index contributed by atoms with van der Waals surface area (Å²) < 4.78 is 16.6. The van der Waals surface area contributed by atoms with Gasteiger partial charge in [-0.1, -0.05) is 11.6 Å². The van der Waals surface area contributed by atoms with Crippen LogP contribution in [0.1, 0.15) is 1.43 Å². The van der Waals surface area contributed by atoms with Crippen molar-refractivity contribution in [3.63, 3.8) is 0 Å². The fraction of sp³-hybridized carbons (Fsp3) is 0.111. The molecule has 0 aliphatic rings. The van der Waals surface area contributed by atoms with E-state index >= 15 is 0 Å². The number of nitrogens with one attached hydrogen (secondary N) is 1. The van der Waals surface area contributed by atoms with Crippen LogP contribution in [-0.2, 0) is 4.79 Å². The molecule has 0 aliphatic heterocycles. The molecule has 0 aliphatic carbocycles. The minimum atomic E-state index is -1.17. The molecule has 16 heavy (non-hydrogen) atoms. The van der Waals surface area contributed by atoms with Gasteiger partial charge in [-0.15, -0.1) is 0 Å². The number of aromatic nitrogens is 2. The standard InChI is InChI=1S/C9H6ClFN2O2.K.H/c10-5-1-2-12-9-6(4-13-8(5)9)15-7(14)3-11;;/h1-2,4,13H,3H2;;/q;+1;-1. The van der Waals surface area contributed by atoms with Gasteiger partial charge < -0.3 is 11.1 Å². The van der Waals surface area contributed by atoms with Crippen LogP contribution in [0.5, 0.6) is 5.75 Å². The summed E-state index contributed by atoms with van der Waals surface area (Å²) in [5.41, 5.74) is 0.963. The van der Waals surface area contributed by atoms with E-state index in [0.29, 0.717) is 16.1 Å².